The number of aliphatic carboxylic acids is 1. The molecule has 0 aliphatic heterocycles. The molecule has 1 aliphatic rings. The Morgan fingerprint density at radius 2 is 2.00 bits per heavy atom. The highest BCUT2D eigenvalue weighted by Crippen LogP contribution is 2.40. The minimum absolute atomic E-state index is 0.314. The Morgan fingerprint density at radius 3 is 2.27 bits per heavy atom. The van der Waals surface area contributed by atoms with Gasteiger partial charge in [-0.05, 0) is 12.8 Å². The molecule has 2 N–H and O–H groups in total. The Hall–Kier alpha value is -0.760. The zero-order valence-electron chi connectivity index (χ0n) is 7.74. The van der Waals surface area contributed by atoms with Crippen molar-refractivity contribution in [1.29, 1.82) is 0 Å². The van der Waals surface area contributed by atoms with Crippen molar-refractivity contribution >= 4 is 16.0 Å². The normalized spacial score (nSPS) is 19.9. The second kappa shape index (κ2) is 4.01. The third kappa shape index (κ3) is 2.43. The standard InChI is InChI=1S/C7H11F2NO4S/c8-6(9)15(13,14)10-4-7(5(11)12)2-1-3-7/h6,10H,1-4H2,(H,11,12). The third-order valence-electron chi connectivity index (χ3n) is 2.61. The topological polar surface area (TPSA) is 83.5 Å². The smallest absolute Gasteiger partial charge is 0.350 e. The molecule has 1 rings (SSSR count). The van der Waals surface area contributed by atoms with Gasteiger partial charge in [-0.25, -0.2) is 13.1 Å². The molecule has 0 amide bonds. The second-order valence-corrected chi connectivity index (χ2v) is 5.30. The Labute approximate surface area is 85.5 Å². The van der Waals surface area contributed by atoms with E-state index in [1.165, 1.54) is 0 Å². The van der Waals surface area contributed by atoms with Gasteiger partial charge in [0, 0.05) is 6.54 Å². The molecule has 0 heterocycles. The molecule has 1 saturated carbocycles. The first-order chi connectivity index (χ1) is 6.80. The van der Waals surface area contributed by atoms with Gasteiger partial charge in [0.05, 0.1) is 5.41 Å². The van der Waals surface area contributed by atoms with E-state index in [1.54, 1.807) is 4.72 Å². The Kier molecular flexibility index (Phi) is 3.29. The largest absolute Gasteiger partial charge is 0.481 e. The van der Waals surface area contributed by atoms with E-state index in [2.05, 4.69) is 0 Å². The maximum Gasteiger partial charge on any atom is 0.350 e. The average molecular weight is 243 g/mol. The molecule has 0 bridgehead atoms. The lowest BCUT2D eigenvalue weighted by Crippen LogP contribution is -2.48. The van der Waals surface area contributed by atoms with Gasteiger partial charge in [-0.1, -0.05) is 6.42 Å². The number of carboxylic acid groups (broad SMARTS) is 1. The van der Waals surface area contributed by atoms with Crippen molar-refractivity contribution in [2.75, 3.05) is 6.54 Å². The van der Waals surface area contributed by atoms with Gasteiger partial charge < -0.3 is 5.11 Å². The van der Waals surface area contributed by atoms with E-state index < -0.39 is 33.7 Å². The number of sulfonamides is 1. The van der Waals surface area contributed by atoms with Crippen LogP contribution in [0.3, 0.4) is 0 Å². The summed E-state index contributed by atoms with van der Waals surface area (Å²) in [6.07, 6.45) is 1.30. The zero-order chi connectivity index (χ0) is 11.7. The van der Waals surface area contributed by atoms with Crippen LogP contribution in [0.1, 0.15) is 19.3 Å². The van der Waals surface area contributed by atoms with Crippen LogP contribution in [-0.4, -0.2) is 31.8 Å². The lowest BCUT2D eigenvalue weighted by Gasteiger charge is -2.37. The van der Waals surface area contributed by atoms with E-state index in [0.29, 0.717) is 19.3 Å². The number of carbonyl (C=O) groups is 1. The fourth-order valence-corrected chi connectivity index (χ4v) is 1.98. The summed E-state index contributed by atoms with van der Waals surface area (Å²) in [4.78, 5) is 10.8. The molecule has 1 aliphatic carbocycles. The highest BCUT2D eigenvalue weighted by Gasteiger charge is 2.45. The van der Waals surface area contributed by atoms with Crippen molar-refractivity contribution in [2.24, 2.45) is 5.41 Å². The SMILES string of the molecule is O=C(O)C1(CNS(=O)(=O)C(F)F)CCC1. The van der Waals surface area contributed by atoms with E-state index in [-0.39, 0.29) is 0 Å². The number of alkyl halides is 2. The van der Waals surface area contributed by atoms with Crippen molar-refractivity contribution in [3.63, 3.8) is 0 Å². The lowest BCUT2D eigenvalue weighted by atomic mass is 9.69. The summed E-state index contributed by atoms with van der Waals surface area (Å²) in [5.74, 6) is -4.67. The summed E-state index contributed by atoms with van der Waals surface area (Å²) < 4.78 is 46.8. The Morgan fingerprint density at radius 1 is 1.47 bits per heavy atom. The summed E-state index contributed by atoms with van der Waals surface area (Å²) in [6, 6.07) is 0. The third-order valence-corrected chi connectivity index (χ3v) is 3.63. The van der Waals surface area contributed by atoms with E-state index in [4.69, 9.17) is 5.11 Å². The number of halogens is 2. The number of rotatable bonds is 5. The fourth-order valence-electron chi connectivity index (χ4n) is 1.37. The molecule has 0 spiro atoms. The summed E-state index contributed by atoms with van der Waals surface area (Å²) in [7, 11) is -4.69. The van der Waals surface area contributed by atoms with Gasteiger partial charge in [-0.15, -0.1) is 0 Å². The fraction of sp³-hybridized carbons (Fsp3) is 0.857. The van der Waals surface area contributed by atoms with Gasteiger partial charge in [0.15, 0.2) is 0 Å². The summed E-state index contributed by atoms with van der Waals surface area (Å²) >= 11 is 0. The highest BCUT2D eigenvalue weighted by molar-refractivity contribution is 7.89. The minimum Gasteiger partial charge on any atom is -0.481 e. The second-order valence-electron chi connectivity index (χ2n) is 3.57. The molecular formula is C7H11F2NO4S. The molecule has 5 nitrogen and oxygen atoms in total. The quantitative estimate of drug-likeness (QED) is 0.731. The maximum absolute atomic E-state index is 11.9. The monoisotopic (exact) mass is 243 g/mol. The van der Waals surface area contributed by atoms with E-state index >= 15 is 0 Å². The summed E-state index contributed by atoms with van der Waals surface area (Å²) in [6.45, 7) is -0.463. The molecule has 1 fully saturated rings. The van der Waals surface area contributed by atoms with Crippen LogP contribution in [0.4, 0.5) is 8.78 Å². The predicted molar refractivity (Wildman–Crippen MR) is 46.8 cm³/mol. The Balaban J connectivity index is 2.60. The van der Waals surface area contributed by atoms with Gasteiger partial charge in [0.1, 0.15) is 0 Å². The van der Waals surface area contributed by atoms with E-state index in [9.17, 15) is 22.0 Å². The average Bonchev–Trinajstić information content (AvgIpc) is 2.00. The molecular weight excluding hydrogens is 232 g/mol. The zero-order valence-corrected chi connectivity index (χ0v) is 8.56. The van der Waals surface area contributed by atoms with Crippen LogP contribution in [-0.2, 0) is 14.8 Å². The van der Waals surface area contributed by atoms with Crippen LogP contribution < -0.4 is 4.72 Å². The van der Waals surface area contributed by atoms with Gasteiger partial charge in [-0.2, -0.15) is 8.78 Å². The number of hydrogen-bond acceptors (Lipinski definition) is 3. The van der Waals surface area contributed by atoms with Crippen LogP contribution in [0.25, 0.3) is 0 Å². The van der Waals surface area contributed by atoms with Crippen LogP contribution in [0.5, 0.6) is 0 Å². The summed E-state index contributed by atoms with van der Waals surface area (Å²) in [5, 5.41) is 8.80. The number of hydrogen-bond donors (Lipinski definition) is 2. The van der Waals surface area contributed by atoms with Crippen LogP contribution in [0.2, 0.25) is 0 Å². The van der Waals surface area contributed by atoms with Crippen molar-refractivity contribution in [3.05, 3.63) is 0 Å². The van der Waals surface area contributed by atoms with E-state index in [0.717, 1.165) is 0 Å². The Bertz CT molecular complexity index is 350. The van der Waals surface area contributed by atoms with Crippen molar-refractivity contribution < 1.29 is 27.1 Å². The minimum atomic E-state index is -4.69. The van der Waals surface area contributed by atoms with Crippen LogP contribution >= 0.6 is 0 Å². The van der Waals surface area contributed by atoms with Crippen molar-refractivity contribution in [3.8, 4) is 0 Å². The molecule has 0 atom stereocenters. The van der Waals surface area contributed by atoms with Crippen molar-refractivity contribution in [1.82, 2.24) is 4.72 Å². The molecule has 0 aromatic heterocycles. The van der Waals surface area contributed by atoms with Gasteiger partial charge >= 0.3 is 11.7 Å². The molecule has 0 unspecified atom stereocenters. The van der Waals surface area contributed by atoms with Crippen LogP contribution in [0, 0.1) is 5.41 Å². The summed E-state index contributed by atoms with van der Waals surface area (Å²) in [5.41, 5.74) is -1.19. The number of carboxylic acids is 1. The molecule has 8 heteroatoms. The van der Waals surface area contributed by atoms with Crippen molar-refractivity contribution in [2.45, 2.75) is 25.0 Å². The number of nitrogens with one attached hydrogen (secondary N) is 1. The van der Waals surface area contributed by atoms with Gasteiger partial charge in [0.2, 0.25) is 0 Å². The first kappa shape index (κ1) is 12.3. The molecule has 0 aromatic carbocycles. The lowest BCUT2D eigenvalue weighted by molar-refractivity contribution is -0.153. The maximum atomic E-state index is 11.9. The highest BCUT2D eigenvalue weighted by atomic mass is 32.2. The van der Waals surface area contributed by atoms with E-state index in [1.807, 2.05) is 0 Å². The molecule has 0 aromatic rings. The molecule has 0 saturated heterocycles. The van der Waals surface area contributed by atoms with Gasteiger partial charge in [-0.3, -0.25) is 4.79 Å². The molecule has 15 heavy (non-hydrogen) atoms. The van der Waals surface area contributed by atoms with Gasteiger partial charge in [0.25, 0.3) is 10.0 Å². The predicted octanol–water partition coefficient (Wildman–Crippen LogP) is 0.383. The first-order valence-corrected chi connectivity index (χ1v) is 5.85. The van der Waals surface area contributed by atoms with Crippen LogP contribution in [0.15, 0.2) is 0 Å². The first-order valence-electron chi connectivity index (χ1n) is 4.30. The molecule has 0 radical (unpaired) electrons. The molecule has 88 valence electrons.